The van der Waals surface area contributed by atoms with Crippen LogP contribution in [0.15, 0.2) is 54.9 Å². The Labute approximate surface area is 212 Å². The monoisotopic (exact) mass is 541 g/mol. The summed E-state index contributed by atoms with van der Waals surface area (Å²) >= 11 is 0. The molecule has 2 aromatic carbocycles. The molecule has 3 N–H and O–H groups in total. The fraction of sp³-hybridized carbons (Fsp3) is 0.250. The van der Waals surface area contributed by atoms with Gasteiger partial charge >= 0.3 is 12.4 Å². The second-order valence-electron chi connectivity index (χ2n) is 7.94. The van der Waals surface area contributed by atoms with E-state index >= 15 is 0 Å². The standard InChI is InChI=1S/C24H21F6N5O3/c1-13(34-21(36)15-9-16(23(25,26)27)11-17(10-15)24(28,29)30)19-20(32-8-7-31-19)22(37)35-33-12-14-3-5-18(38-2)6-4-14/h3-11,13,33H,12H2,1-2H3,(H,34,36)(H,35,37). The predicted octanol–water partition coefficient (Wildman–Crippen LogP) is 4.45. The molecular formula is C24H21F6N5O3. The van der Waals surface area contributed by atoms with Crippen LogP contribution in [-0.2, 0) is 18.9 Å². The van der Waals surface area contributed by atoms with Crippen LogP contribution in [0.4, 0.5) is 26.3 Å². The summed E-state index contributed by atoms with van der Waals surface area (Å²) in [4.78, 5) is 33.2. The Morgan fingerprint density at radius 1 is 0.895 bits per heavy atom. The quantitative estimate of drug-likeness (QED) is 0.288. The van der Waals surface area contributed by atoms with E-state index in [9.17, 15) is 35.9 Å². The summed E-state index contributed by atoms with van der Waals surface area (Å²) in [7, 11) is 1.52. The highest BCUT2D eigenvalue weighted by Gasteiger charge is 2.37. The number of benzene rings is 2. The molecule has 0 radical (unpaired) electrons. The largest absolute Gasteiger partial charge is 0.497 e. The van der Waals surface area contributed by atoms with Crippen molar-refractivity contribution >= 4 is 11.8 Å². The lowest BCUT2D eigenvalue weighted by molar-refractivity contribution is -0.143. The first-order valence-electron chi connectivity index (χ1n) is 10.9. The van der Waals surface area contributed by atoms with E-state index in [0.29, 0.717) is 17.9 Å². The zero-order valence-corrected chi connectivity index (χ0v) is 19.9. The third-order valence-electron chi connectivity index (χ3n) is 5.20. The van der Waals surface area contributed by atoms with E-state index in [1.165, 1.54) is 26.4 Å². The van der Waals surface area contributed by atoms with Crippen LogP contribution in [0.2, 0.25) is 0 Å². The molecular weight excluding hydrogens is 520 g/mol. The van der Waals surface area contributed by atoms with E-state index in [0.717, 1.165) is 5.56 Å². The molecule has 0 fully saturated rings. The highest BCUT2D eigenvalue weighted by molar-refractivity contribution is 5.96. The summed E-state index contributed by atoms with van der Waals surface area (Å²) in [5.74, 6) is -1.32. The molecule has 1 heterocycles. The fourth-order valence-corrected chi connectivity index (χ4v) is 3.30. The van der Waals surface area contributed by atoms with Gasteiger partial charge in [-0.15, -0.1) is 0 Å². The van der Waals surface area contributed by atoms with E-state index < -0.39 is 46.9 Å². The van der Waals surface area contributed by atoms with Gasteiger partial charge in [-0.05, 0) is 42.8 Å². The molecule has 2 amide bonds. The number of aromatic nitrogens is 2. The van der Waals surface area contributed by atoms with Crippen molar-refractivity contribution in [2.75, 3.05) is 7.11 Å². The second-order valence-corrected chi connectivity index (χ2v) is 7.94. The average Bonchev–Trinajstić information content (AvgIpc) is 2.87. The van der Waals surface area contributed by atoms with E-state index in [-0.39, 0.29) is 24.0 Å². The van der Waals surface area contributed by atoms with Crippen LogP contribution >= 0.6 is 0 Å². The summed E-state index contributed by atoms with van der Waals surface area (Å²) in [6.45, 7) is 1.58. The fourth-order valence-electron chi connectivity index (χ4n) is 3.30. The third kappa shape index (κ3) is 7.18. The lowest BCUT2D eigenvalue weighted by atomic mass is 10.0. The van der Waals surface area contributed by atoms with Crippen molar-refractivity contribution in [3.05, 3.63) is 88.5 Å². The normalized spacial score (nSPS) is 12.5. The van der Waals surface area contributed by atoms with Crippen molar-refractivity contribution in [1.82, 2.24) is 26.1 Å². The van der Waals surface area contributed by atoms with Gasteiger partial charge in [-0.25, -0.2) is 10.4 Å². The number of nitrogens with one attached hydrogen (secondary N) is 3. The Morgan fingerprint density at radius 2 is 1.47 bits per heavy atom. The number of hydrogen-bond acceptors (Lipinski definition) is 6. The summed E-state index contributed by atoms with van der Waals surface area (Å²) in [5.41, 5.74) is 1.52. The van der Waals surface area contributed by atoms with Crippen LogP contribution in [-0.4, -0.2) is 28.9 Å². The van der Waals surface area contributed by atoms with Gasteiger partial charge < -0.3 is 10.1 Å². The minimum absolute atomic E-state index is 0.0624. The summed E-state index contributed by atoms with van der Waals surface area (Å²) < 4.78 is 83.9. The Bertz CT molecular complexity index is 1260. The van der Waals surface area contributed by atoms with Gasteiger partial charge in [0.15, 0.2) is 5.69 Å². The van der Waals surface area contributed by atoms with Crippen molar-refractivity contribution in [1.29, 1.82) is 0 Å². The number of ether oxygens (including phenoxy) is 1. The van der Waals surface area contributed by atoms with Crippen molar-refractivity contribution in [3.63, 3.8) is 0 Å². The number of halogens is 6. The maximum Gasteiger partial charge on any atom is 0.416 e. The van der Waals surface area contributed by atoms with Crippen LogP contribution in [0.25, 0.3) is 0 Å². The molecule has 14 heteroatoms. The van der Waals surface area contributed by atoms with E-state index in [2.05, 4.69) is 26.1 Å². The molecule has 0 saturated carbocycles. The molecule has 0 bridgehead atoms. The van der Waals surface area contributed by atoms with Gasteiger partial charge in [-0.2, -0.15) is 26.3 Å². The van der Waals surface area contributed by atoms with Crippen molar-refractivity contribution in [2.24, 2.45) is 0 Å². The molecule has 1 atom stereocenters. The van der Waals surface area contributed by atoms with Gasteiger partial charge in [-0.3, -0.25) is 20.0 Å². The van der Waals surface area contributed by atoms with Gasteiger partial charge in [0.25, 0.3) is 11.8 Å². The molecule has 8 nitrogen and oxygen atoms in total. The molecule has 0 aliphatic carbocycles. The first-order valence-corrected chi connectivity index (χ1v) is 10.9. The number of nitrogens with zero attached hydrogens (tertiary/aromatic N) is 2. The molecule has 0 spiro atoms. The zero-order valence-electron chi connectivity index (χ0n) is 19.9. The van der Waals surface area contributed by atoms with E-state index in [1.54, 1.807) is 24.3 Å². The first kappa shape index (κ1) is 28.4. The maximum absolute atomic E-state index is 13.1. The summed E-state index contributed by atoms with van der Waals surface area (Å²) in [5, 5.41) is 2.27. The molecule has 1 unspecified atom stereocenters. The number of amides is 2. The van der Waals surface area contributed by atoms with E-state index in [1.807, 2.05) is 0 Å². The van der Waals surface area contributed by atoms with E-state index in [4.69, 9.17) is 4.74 Å². The molecule has 0 aliphatic heterocycles. The van der Waals surface area contributed by atoms with Gasteiger partial charge in [0.2, 0.25) is 0 Å². The molecule has 0 saturated heterocycles. The van der Waals surface area contributed by atoms with Gasteiger partial charge in [0.05, 0.1) is 30.0 Å². The van der Waals surface area contributed by atoms with Gasteiger partial charge in [-0.1, -0.05) is 12.1 Å². The maximum atomic E-state index is 13.1. The van der Waals surface area contributed by atoms with Crippen molar-refractivity contribution < 1.29 is 40.7 Å². The predicted molar refractivity (Wildman–Crippen MR) is 122 cm³/mol. The molecule has 202 valence electrons. The topological polar surface area (TPSA) is 105 Å². The van der Waals surface area contributed by atoms with Crippen LogP contribution in [0, 0.1) is 0 Å². The van der Waals surface area contributed by atoms with Crippen LogP contribution in [0.5, 0.6) is 5.75 Å². The van der Waals surface area contributed by atoms with Crippen LogP contribution in [0.3, 0.4) is 0 Å². The molecule has 0 aliphatic rings. The molecule has 3 aromatic rings. The first-order chi connectivity index (χ1) is 17.8. The Balaban J connectivity index is 1.74. The highest BCUT2D eigenvalue weighted by atomic mass is 19.4. The number of carbonyl (C=O) groups excluding carboxylic acids is 2. The second kappa shape index (κ2) is 11.5. The smallest absolute Gasteiger partial charge is 0.416 e. The number of rotatable bonds is 8. The lowest BCUT2D eigenvalue weighted by Gasteiger charge is -2.18. The average molecular weight is 541 g/mol. The molecule has 3 rings (SSSR count). The van der Waals surface area contributed by atoms with Gasteiger partial charge in [0, 0.05) is 24.5 Å². The summed E-state index contributed by atoms with van der Waals surface area (Å²) in [6, 6.07) is 6.42. The third-order valence-corrected chi connectivity index (χ3v) is 5.20. The van der Waals surface area contributed by atoms with Gasteiger partial charge in [0.1, 0.15) is 5.75 Å². The number of hydrogen-bond donors (Lipinski definition) is 3. The minimum Gasteiger partial charge on any atom is -0.497 e. The lowest BCUT2D eigenvalue weighted by Crippen LogP contribution is -2.39. The minimum atomic E-state index is -5.11. The van der Waals surface area contributed by atoms with Crippen LogP contribution < -0.4 is 20.9 Å². The molecule has 1 aromatic heterocycles. The SMILES string of the molecule is COc1ccc(CNNC(=O)c2nccnc2C(C)NC(=O)c2cc(C(F)(F)F)cc(C(F)(F)F)c2)cc1. The number of carbonyl (C=O) groups is 2. The number of alkyl halides is 6. The van der Waals surface area contributed by atoms with Crippen molar-refractivity contribution in [3.8, 4) is 5.75 Å². The Hall–Kier alpha value is -4.20. The summed E-state index contributed by atoms with van der Waals surface area (Å²) in [6.07, 6.45) is -7.81. The van der Waals surface area contributed by atoms with Crippen LogP contribution in [0.1, 0.15) is 56.2 Å². The number of methoxy groups -OCH3 is 1. The highest BCUT2D eigenvalue weighted by Crippen LogP contribution is 2.36. The molecule has 38 heavy (non-hydrogen) atoms. The Morgan fingerprint density at radius 3 is 2.03 bits per heavy atom. The van der Waals surface area contributed by atoms with Crippen molar-refractivity contribution in [2.45, 2.75) is 31.9 Å². The Kier molecular flexibility index (Phi) is 8.56. The number of hydrazine groups is 1. The zero-order chi connectivity index (χ0) is 28.1.